The van der Waals surface area contributed by atoms with Gasteiger partial charge in [0, 0.05) is 10.4 Å². The number of nitrogens with one attached hydrogen (secondary N) is 1. The number of hydrogen-bond acceptors (Lipinski definition) is 5. The lowest BCUT2D eigenvalue weighted by atomic mass is 9.76. The summed E-state index contributed by atoms with van der Waals surface area (Å²) in [6.45, 7) is 4.08. The molecule has 4 rings (SSSR count). The Labute approximate surface area is 234 Å². The maximum Gasteiger partial charge on any atom is 0.417 e. The average molecular weight is 554 g/mol. The average Bonchev–Trinajstić information content (AvgIpc) is 2.93. The summed E-state index contributed by atoms with van der Waals surface area (Å²) in [7, 11) is 1.39. The topological polar surface area (TPSA) is 64.6 Å². The lowest BCUT2D eigenvalue weighted by Crippen LogP contribution is -2.34. The van der Waals surface area contributed by atoms with Crippen LogP contribution in [0.5, 0.6) is 0 Å². The molecule has 1 amide bonds. The molecule has 0 spiro atoms. The fraction of sp³-hybridized carbons (Fsp3) is 0.419. The van der Waals surface area contributed by atoms with Gasteiger partial charge in [0.25, 0.3) is 0 Å². The maximum atomic E-state index is 13.2. The number of amides is 1. The van der Waals surface area contributed by atoms with Gasteiger partial charge in [0.1, 0.15) is 11.4 Å². The third kappa shape index (κ3) is 7.03. The Balaban J connectivity index is 1.55. The number of halogens is 1. The fourth-order valence-electron chi connectivity index (χ4n) is 5.34. The van der Waals surface area contributed by atoms with Crippen molar-refractivity contribution in [1.29, 1.82) is 0 Å². The number of carbonyl (C=O) groups excluding carboxylic acids is 2. The quantitative estimate of drug-likeness (QED) is 0.213. The number of fused-ring (bicyclic) bond motifs is 1. The lowest BCUT2D eigenvalue weighted by Gasteiger charge is -2.35. The molecule has 3 aromatic carbocycles. The van der Waals surface area contributed by atoms with Crippen LogP contribution in [0.15, 0.2) is 66.7 Å². The van der Waals surface area contributed by atoms with Gasteiger partial charge in [0.2, 0.25) is 0 Å². The molecule has 1 fully saturated rings. The molecular weight excluding hydrogens is 518 g/mol. The Hall–Kier alpha value is -2.70. The predicted molar refractivity (Wildman–Crippen MR) is 155 cm³/mol. The summed E-state index contributed by atoms with van der Waals surface area (Å²) in [6.07, 6.45) is 5.30. The first kappa shape index (κ1) is 28.3. The highest BCUT2D eigenvalue weighted by molar-refractivity contribution is 7.99. The highest BCUT2D eigenvalue weighted by atomic mass is 35.5. The van der Waals surface area contributed by atoms with E-state index in [4.69, 9.17) is 21.1 Å². The molecule has 0 heterocycles. The Kier molecular flexibility index (Phi) is 9.61. The van der Waals surface area contributed by atoms with Crippen LogP contribution in [0.3, 0.4) is 0 Å². The summed E-state index contributed by atoms with van der Waals surface area (Å²) in [5, 5.41) is 2.32. The zero-order chi connectivity index (χ0) is 27.1. The highest BCUT2D eigenvalue weighted by Crippen LogP contribution is 2.41. The lowest BCUT2D eigenvalue weighted by molar-refractivity contribution is -0.140. The minimum atomic E-state index is -0.610. The van der Waals surface area contributed by atoms with Crippen molar-refractivity contribution in [2.75, 3.05) is 7.11 Å². The summed E-state index contributed by atoms with van der Waals surface area (Å²) in [5.41, 5.74) is 1.23. The van der Waals surface area contributed by atoms with Crippen molar-refractivity contribution < 1.29 is 19.1 Å². The number of carbonyl (C=O) groups is 2. The second kappa shape index (κ2) is 12.9. The molecule has 1 saturated carbocycles. The molecule has 2 atom stereocenters. The molecule has 0 bridgehead atoms. The van der Waals surface area contributed by atoms with Crippen LogP contribution in [-0.4, -0.2) is 24.4 Å². The van der Waals surface area contributed by atoms with Gasteiger partial charge in [0.15, 0.2) is 0 Å². The number of methoxy groups -OCH3 is 1. The van der Waals surface area contributed by atoms with Crippen LogP contribution in [0.4, 0.5) is 4.79 Å². The summed E-state index contributed by atoms with van der Waals surface area (Å²) in [6, 6.07) is 21.8. The van der Waals surface area contributed by atoms with E-state index in [1.165, 1.54) is 26.4 Å². The number of hydrogen-bond donors (Lipinski definition) is 1. The number of ether oxygens (including phenoxy) is 2. The van der Waals surface area contributed by atoms with Crippen molar-refractivity contribution in [3.05, 3.63) is 82.9 Å². The summed E-state index contributed by atoms with van der Waals surface area (Å²) >= 11 is 7.41. The standard InChI is InChI=1S/C31H36ClNO4S/c1-31(2,25-14-9-15-26(32)20-25)28(24-17-16-22-12-7-8-13-23(22)19-24)37-30(35)33-38-27(29(34)36-3)18-21-10-5-4-6-11-21/h7-9,12-17,19-21,27-28H,4-6,10-11,18H2,1-3H3,(H,33,35)/t27-,28?/m0/s1. The Morgan fingerprint density at radius 2 is 1.74 bits per heavy atom. The first-order chi connectivity index (χ1) is 18.3. The molecular formula is C31H36ClNO4S. The van der Waals surface area contributed by atoms with Crippen molar-refractivity contribution in [2.24, 2.45) is 5.92 Å². The van der Waals surface area contributed by atoms with Gasteiger partial charge in [-0.3, -0.25) is 9.52 Å². The van der Waals surface area contributed by atoms with E-state index < -0.39 is 22.9 Å². The van der Waals surface area contributed by atoms with Crippen LogP contribution in [0, 0.1) is 5.92 Å². The van der Waals surface area contributed by atoms with E-state index in [1.807, 2.05) is 68.4 Å². The van der Waals surface area contributed by atoms with E-state index >= 15 is 0 Å². The molecule has 0 aliphatic heterocycles. The second-order valence-corrected chi connectivity index (χ2v) is 12.0. The van der Waals surface area contributed by atoms with Crippen LogP contribution in [-0.2, 0) is 19.7 Å². The van der Waals surface area contributed by atoms with E-state index in [2.05, 4.69) is 16.9 Å². The Bertz CT molecular complexity index is 1260. The van der Waals surface area contributed by atoms with Gasteiger partial charge in [-0.05, 0) is 64.4 Å². The van der Waals surface area contributed by atoms with Gasteiger partial charge in [0.05, 0.1) is 7.11 Å². The van der Waals surface area contributed by atoms with Crippen molar-refractivity contribution in [2.45, 2.75) is 69.1 Å². The Morgan fingerprint density at radius 1 is 1.00 bits per heavy atom. The smallest absolute Gasteiger partial charge is 0.417 e. The normalized spacial score (nSPS) is 16.0. The first-order valence-corrected chi connectivity index (χ1v) is 14.5. The predicted octanol–water partition coefficient (Wildman–Crippen LogP) is 8.40. The first-order valence-electron chi connectivity index (χ1n) is 13.2. The molecule has 3 aromatic rings. The number of benzene rings is 3. The largest absolute Gasteiger partial charge is 0.468 e. The van der Waals surface area contributed by atoms with Crippen LogP contribution in [0.2, 0.25) is 5.02 Å². The third-order valence-corrected chi connectivity index (χ3v) is 8.74. The van der Waals surface area contributed by atoms with Crippen molar-refractivity contribution in [3.63, 3.8) is 0 Å². The van der Waals surface area contributed by atoms with E-state index in [-0.39, 0.29) is 5.97 Å². The molecule has 0 saturated heterocycles. The van der Waals surface area contributed by atoms with Gasteiger partial charge >= 0.3 is 12.1 Å². The molecule has 1 aliphatic carbocycles. The van der Waals surface area contributed by atoms with E-state index in [0.29, 0.717) is 17.4 Å². The van der Waals surface area contributed by atoms with Gasteiger partial charge in [-0.25, -0.2) is 4.79 Å². The summed E-state index contributed by atoms with van der Waals surface area (Å²) < 4.78 is 14.0. The summed E-state index contributed by atoms with van der Waals surface area (Å²) in [4.78, 5) is 25.7. The fourth-order valence-corrected chi connectivity index (χ4v) is 6.38. The second-order valence-electron chi connectivity index (χ2n) is 10.6. The zero-order valence-electron chi connectivity index (χ0n) is 22.2. The summed E-state index contributed by atoms with van der Waals surface area (Å²) in [5.74, 6) is 0.136. The van der Waals surface area contributed by atoms with Gasteiger partial charge in [-0.1, -0.05) is 106 Å². The van der Waals surface area contributed by atoms with Crippen LogP contribution in [0.1, 0.15) is 69.6 Å². The number of esters is 1. The molecule has 0 radical (unpaired) electrons. The van der Waals surface area contributed by atoms with Crippen LogP contribution < -0.4 is 4.72 Å². The molecule has 5 nitrogen and oxygen atoms in total. The molecule has 1 aliphatic rings. The molecule has 7 heteroatoms. The van der Waals surface area contributed by atoms with Crippen LogP contribution in [0.25, 0.3) is 10.8 Å². The molecule has 1 unspecified atom stereocenters. The van der Waals surface area contributed by atoms with E-state index in [1.54, 1.807) is 0 Å². The minimum absolute atomic E-state index is 0.328. The molecule has 38 heavy (non-hydrogen) atoms. The molecule has 1 N–H and O–H groups in total. The minimum Gasteiger partial charge on any atom is -0.468 e. The van der Waals surface area contributed by atoms with Crippen molar-refractivity contribution in [1.82, 2.24) is 4.72 Å². The van der Waals surface area contributed by atoms with Crippen molar-refractivity contribution in [3.8, 4) is 0 Å². The van der Waals surface area contributed by atoms with E-state index in [9.17, 15) is 9.59 Å². The maximum absolute atomic E-state index is 13.2. The zero-order valence-corrected chi connectivity index (χ0v) is 23.8. The van der Waals surface area contributed by atoms with E-state index in [0.717, 1.165) is 46.7 Å². The van der Waals surface area contributed by atoms with Gasteiger partial charge < -0.3 is 9.47 Å². The monoisotopic (exact) mass is 553 g/mol. The molecule has 0 aromatic heterocycles. The van der Waals surface area contributed by atoms with Gasteiger partial charge in [-0.15, -0.1) is 0 Å². The van der Waals surface area contributed by atoms with Crippen molar-refractivity contribution >= 4 is 46.4 Å². The van der Waals surface area contributed by atoms with Crippen LogP contribution >= 0.6 is 23.5 Å². The molecule has 202 valence electrons. The number of rotatable bonds is 9. The van der Waals surface area contributed by atoms with Gasteiger partial charge in [-0.2, -0.15) is 0 Å². The highest BCUT2D eigenvalue weighted by Gasteiger charge is 2.37. The Morgan fingerprint density at radius 3 is 2.45 bits per heavy atom. The third-order valence-electron chi connectivity index (χ3n) is 7.55. The SMILES string of the molecule is COC(=O)[C@H](CC1CCCCC1)SNC(=O)OC(c1ccc2ccccc2c1)C(C)(C)c1cccc(Cl)c1.